The molecule has 5 nitrogen and oxygen atoms in total. The van der Waals surface area contributed by atoms with Gasteiger partial charge in [0.05, 0.1) is 35.6 Å². The Hall–Kier alpha value is -3.35. The number of thiocarbonyl (C=S) groups is 1. The van der Waals surface area contributed by atoms with E-state index in [0.29, 0.717) is 18.3 Å². The second-order valence-electron chi connectivity index (χ2n) is 7.39. The normalized spacial score (nSPS) is 13.9. The topological polar surface area (TPSA) is 50.3 Å². The van der Waals surface area contributed by atoms with Crippen molar-refractivity contribution < 1.29 is 4.74 Å². The van der Waals surface area contributed by atoms with Gasteiger partial charge < -0.3 is 15.0 Å². The van der Waals surface area contributed by atoms with Gasteiger partial charge in [-0.1, -0.05) is 60.7 Å². The Bertz CT molecular complexity index is 1210. The Balaban J connectivity index is 1.55. The summed E-state index contributed by atoms with van der Waals surface area (Å²) in [5.41, 5.74) is 6.42. The summed E-state index contributed by atoms with van der Waals surface area (Å²) < 4.78 is 5.41. The Labute approximate surface area is 186 Å². The van der Waals surface area contributed by atoms with Gasteiger partial charge in [0.15, 0.2) is 5.11 Å². The van der Waals surface area contributed by atoms with Crippen LogP contribution in [-0.2, 0) is 4.74 Å². The molecule has 0 atom stereocenters. The summed E-state index contributed by atoms with van der Waals surface area (Å²) in [6.45, 7) is 3.01. The van der Waals surface area contributed by atoms with Gasteiger partial charge in [0.2, 0.25) is 0 Å². The van der Waals surface area contributed by atoms with Crippen molar-refractivity contribution in [2.75, 3.05) is 31.6 Å². The van der Waals surface area contributed by atoms with E-state index in [0.717, 1.165) is 52.3 Å². The predicted octanol–water partition coefficient (Wildman–Crippen LogP) is 4.99. The minimum atomic E-state index is 0.702. The summed E-state index contributed by atoms with van der Waals surface area (Å²) in [6, 6.07) is 26.4. The first-order valence-corrected chi connectivity index (χ1v) is 10.7. The number of aromatic nitrogens is 2. The summed E-state index contributed by atoms with van der Waals surface area (Å²) >= 11 is 5.59. The predicted molar refractivity (Wildman–Crippen MR) is 129 cm³/mol. The average molecular weight is 427 g/mol. The van der Waals surface area contributed by atoms with Crippen LogP contribution in [0.15, 0.2) is 78.9 Å². The van der Waals surface area contributed by atoms with E-state index in [-0.39, 0.29) is 0 Å². The van der Waals surface area contributed by atoms with Crippen LogP contribution in [0.2, 0.25) is 0 Å². The van der Waals surface area contributed by atoms with Crippen molar-refractivity contribution in [3.8, 4) is 22.5 Å². The molecule has 4 aromatic rings. The number of nitrogens with one attached hydrogen (secondary N) is 1. The minimum absolute atomic E-state index is 0.702. The van der Waals surface area contributed by atoms with Gasteiger partial charge in [0, 0.05) is 29.9 Å². The molecule has 1 fully saturated rings. The molecule has 0 bridgehead atoms. The molecule has 6 heteroatoms. The van der Waals surface area contributed by atoms with E-state index in [4.69, 9.17) is 26.9 Å². The SMILES string of the molecule is S=C(Nc1ccc2nc(-c3ccccc3)c(-c3ccccc3)nc2c1)N1CCOCC1. The van der Waals surface area contributed by atoms with Crippen molar-refractivity contribution in [1.82, 2.24) is 14.9 Å². The molecular weight excluding hydrogens is 404 g/mol. The molecular formula is C25H22N4OS. The molecule has 1 aromatic heterocycles. The number of fused-ring (bicyclic) bond motifs is 1. The fraction of sp³-hybridized carbons (Fsp3) is 0.160. The van der Waals surface area contributed by atoms with Gasteiger partial charge in [-0.3, -0.25) is 0 Å². The number of rotatable bonds is 3. The second kappa shape index (κ2) is 8.79. The Morgan fingerprint density at radius 2 is 1.35 bits per heavy atom. The van der Waals surface area contributed by atoms with Crippen molar-refractivity contribution >= 4 is 34.1 Å². The summed E-state index contributed by atoms with van der Waals surface area (Å²) in [7, 11) is 0. The first-order valence-electron chi connectivity index (χ1n) is 10.3. The highest BCUT2D eigenvalue weighted by Gasteiger charge is 2.16. The van der Waals surface area contributed by atoms with Crippen LogP contribution in [0.3, 0.4) is 0 Å². The maximum absolute atomic E-state index is 5.59. The lowest BCUT2D eigenvalue weighted by atomic mass is 10.0. The van der Waals surface area contributed by atoms with Crippen LogP contribution in [0.25, 0.3) is 33.5 Å². The first kappa shape index (κ1) is 19.6. The van der Waals surface area contributed by atoms with E-state index < -0.39 is 0 Å². The third-order valence-corrected chi connectivity index (χ3v) is 5.67. The zero-order valence-corrected chi connectivity index (χ0v) is 17.8. The summed E-state index contributed by atoms with van der Waals surface area (Å²) in [5, 5.41) is 4.05. The van der Waals surface area contributed by atoms with Gasteiger partial charge in [0.25, 0.3) is 0 Å². The Morgan fingerprint density at radius 1 is 0.774 bits per heavy atom. The smallest absolute Gasteiger partial charge is 0.173 e. The van der Waals surface area contributed by atoms with Crippen LogP contribution >= 0.6 is 12.2 Å². The Morgan fingerprint density at radius 3 is 1.97 bits per heavy atom. The summed E-state index contributed by atoms with van der Waals surface area (Å²) in [4.78, 5) is 12.1. The fourth-order valence-electron chi connectivity index (χ4n) is 3.70. The van der Waals surface area contributed by atoms with E-state index in [1.807, 2.05) is 54.6 Å². The van der Waals surface area contributed by atoms with Crippen LogP contribution in [0.1, 0.15) is 0 Å². The molecule has 1 N–H and O–H groups in total. The zero-order chi connectivity index (χ0) is 21.0. The lowest BCUT2D eigenvalue weighted by molar-refractivity contribution is 0.0690. The standard InChI is InChI=1S/C25H22N4OS/c31-25(29-13-15-30-16-14-29)26-20-11-12-21-22(17-20)28-24(19-9-5-2-6-10-19)23(27-21)18-7-3-1-4-8-18/h1-12,17H,13-16H2,(H,26,31). The van der Waals surface area contributed by atoms with E-state index in [9.17, 15) is 0 Å². The molecule has 0 unspecified atom stereocenters. The number of benzene rings is 3. The van der Waals surface area contributed by atoms with E-state index in [1.54, 1.807) is 0 Å². The third-order valence-electron chi connectivity index (χ3n) is 5.31. The fourth-order valence-corrected chi connectivity index (χ4v) is 4.00. The molecule has 1 aliphatic heterocycles. The molecule has 31 heavy (non-hydrogen) atoms. The van der Waals surface area contributed by atoms with Crippen molar-refractivity contribution in [1.29, 1.82) is 0 Å². The molecule has 0 spiro atoms. The molecule has 5 rings (SSSR count). The third kappa shape index (κ3) is 4.26. The largest absolute Gasteiger partial charge is 0.378 e. The van der Waals surface area contributed by atoms with E-state index in [2.05, 4.69) is 34.5 Å². The molecule has 0 amide bonds. The molecule has 1 saturated heterocycles. The second-order valence-corrected chi connectivity index (χ2v) is 7.77. The van der Waals surface area contributed by atoms with Crippen molar-refractivity contribution in [2.45, 2.75) is 0 Å². The Kier molecular flexibility index (Phi) is 5.56. The van der Waals surface area contributed by atoms with Crippen LogP contribution < -0.4 is 5.32 Å². The molecule has 1 aliphatic rings. The van der Waals surface area contributed by atoms with Gasteiger partial charge in [-0.05, 0) is 30.4 Å². The number of hydrogen-bond donors (Lipinski definition) is 1. The van der Waals surface area contributed by atoms with Crippen molar-refractivity contribution in [3.63, 3.8) is 0 Å². The van der Waals surface area contributed by atoms with Crippen LogP contribution in [0.4, 0.5) is 5.69 Å². The maximum Gasteiger partial charge on any atom is 0.173 e. The maximum atomic E-state index is 5.59. The summed E-state index contributed by atoms with van der Waals surface area (Å²) in [6.07, 6.45) is 0. The number of morpholine rings is 1. The molecule has 0 aliphatic carbocycles. The van der Waals surface area contributed by atoms with Crippen molar-refractivity contribution in [2.24, 2.45) is 0 Å². The lowest BCUT2D eigenvalue weighted by Gasteiger charge is -2.29. The van der Waals surface area contributed by atoms with Crippen LogP contribution in [-0.4, -0.2) is 46.3 Å². The van der Waals surface area contributed by atoms with E-state index in [1.165, 1.54) is 0 Å². The highest BCUT2D eigenvalue weighted by atomic mass is 32.1. The molecule has 154 valence electrons. The van der Waals surface area contributed by atoms with Gasteiger partial charge in [-0.2, -0.15) is 0 Å². The van der Waals surface area contributed by atoms with Crippen molar-refractivity contribution in [3.05, 3.63) is 78.9 Å². The van der Waals surface area contributed by atoms with Gasteiger partial charge >= 0.3 is 0 Å². The van der Waals surface area contributed by atoms with Gasteiger partial charge in [-0.25, -0.2) is 9.97 Å². The number of ether oxygens (including phenoxy) is 1. The lowest BCUT2D eigenvalue weighted by Crippen LogP contribution is -2.42. The number of anilines is 1. The molecule has 3 aromatic carbocycles. The average Bonchev–Trinajstić information content (AvgIpc) is 2.85. The first-order chi connectivity index (χ1) is 15.3. The number of nitrogens with zero attached hydrogens (tertiary/aromatic N) is 3. The molecule has 0 saturated carbocycles. The monoisotopic (exact) mass is 426 g/mol. The summed E-state index contributed by atoms with van der Waals surface area (Å²) in [5.74, 6) is 0. The molecule has 0 radical (unpaired) electrons. The number of hydrogen-bond acceptors (Lipinski definition) is 4. The highest BCUT2D eigenvalue weighted by molar-refractivity contribution is 7.80. The minimum Gasteiger partial charge on any atom is -0.378 e. The quantitative estimate of drug-likeness (QED) is 0.466. The van der Waals surface area contributed by atoms with Crippen LogP contribution in [0, 0.1) is 0 Å². The molecule has 2 heterocycles. The highest BCUT2D eigenvalue weighted by Crippen LogP contribution is 2.31. The van der Waals surface area contributed by atoms with Crippen LogP contribution in [0.5, 0.6) is 0 Å². The zero-order valence-electron chi connectivity index (χ0n) is 17.0. The van der Waals surface area contributed by atoms with Gasteiger partial charge in [0.1, 0.15) is 0 Å². The van der Waals surface area contributed by atoms with Gasteiger partial charge in [-0.15, -0.1) is 0 Å². The van der Waals surface area contributed by atoms with E-state index >= 15 is 0 Å².